The van der Waals surface area contributed by atoms with Crippen molar-refractivity contribution in [3.8, 4) is 0 Å². The molecule has 106 valence electrons. The third-order valence-electron chi connectivity index (χ3n) is 2.64. The highest BCUT2D eigenvalue weighted by molar-refractivity contribution is 6.03. The number of anilines is 1. The fourth-order valence-corrected chi connectivity index (χ4v) is 1.69. The second kappa shape index (κ2) is 7.89. The van der Waals surface area contributed by atoms with Gasteiger partial charge in [0.05, 0.1) is 6.54 Å². The summed E-state index contributed by atoms with van der Waals surface area (Å²) in [6.45, 7) is 3.77. The van der Waals surface area contributed by atoms with E-state index in [4.69, 9.17) is 0 Å². The van der Waals surface area contributed by atoms with Crippen LogP contribution >= 0.6 is 0 Å². The highest BCUT2D eigenvalue weighted by Gasteiger charge is 2.14. The summed E-state index contributed by atoms with van der Waals surface area (Å²) in [5.74, 6) is -0.956. The zero-order chi connectivity index (χ0) is 15.0. The second-order valence-corrected chi connectivity index (χ2v) is 4.09. The summed E-state index contributed by atoms with van der Waals surface area (Å²) in [7, 11) is 0. The molecule has 1 N–H and O–H groups in total. The van der Waals surface area contributed by atoms with Crippen molar-refractivity contribution in [2.45, 2.75) is 13.8 Å². The number of nitrogens with one attached hydrogen (secondary N) is 1. The quantitative estimate of drug-likeness (QED) is 0.633. The summed E-state index contributed by atoms with van der Waals surface area (Å²) in [5.41, 5.74) is 1.75. The minimum absolute atomic E-state index is 0.229. The normalized spacial score (nSPS) is 10.3. The van der Waals surface area contributed by atoms with E-state index in [9.17, 15) is 14.4 Å². The number of carbonyl (C=O) groups is 3. The molecular formula is C15H18N2O3. The van der Waals surface area contributed by atoms with E-state index in [-0.39, 0.29) is 6.54 Å². The first-order valence-corrected chi connectivity index (χ1v) is 6.36. The van der Waals surface area contributed by atoms with Gasteiger partial charge in [-0.05, 0) is 24.6 Å². The van der Waals surface area contributed by atoms with Crippen LogP contribution in [0, 0.1) is 0 Å². The molecule has 0 aliphatic rings. The molecule has 0 aromatic heterocycles. The van der Waals surface area contributed by atoms with Gasteiger partial charge < -0.3 is 10.1 Å². The Hall–Kier alpha value is -2.43. The lowest BCUT2D eigenvalue weighted by Gasteiger charge is -2.13. The molecule has 1 aromatic rings. The molecule has 0 heterocycles. The Balaban J connectivity index is 2.88. The van der Waals surface area contributed by atoms with E-state index in [0.29, 0.717) is 6.29 Å². The van der Waals surface area contributed by atoms with E-state index in [1.165, 1.54) is 13.0 Å². The predicted octanol–water partition coefficient (Wildman–Crippen LogP) is 1.71. The highest BCUT2D eigenvalue weighted by Crippen LogP contribution is 2.16. The molecule has 0 saturated carbocycles. The fourth-order valence-electron chi connectivity index (χ4n) is 1.69. The molecule has 1 aromatic carbocycles. The van der Waals surface area contributed by atoms with Crippen molar-refractivity contribution < 1.29 is 14.4 Å². The highest BCUT2D eigenvalue weighted by atomic mass is 16.2. The third kappa shape index (κ3) is 4.35. The standard InChI is InChI=1S/C15H18N2O3/c1-3-16-14-7-5-4-6-13(14)8-9-15(20)17(10-11-18)12(2)19/h4-9,11,16H,3,10H2,1-2H3/b9-8+. The predicted molar refractivity (Wildman–Crippen MR) is 78.1 cm³/mol. The van der Waals surface area contributed by atoms with Crippen molar-refractivity contribution in [3.05, 3.63) is 35.9 Å². The summed E-state index contributed by atoms with van der Waals surface area (Å²) < 4.78 is 0. The molecule has 2 amide bonds. The summed E-state index contributed by atoms with van der Waals surface area (Å²) in [5, 5.41) is 3.18. The number of benzene rings is 1. The number of imide groups is 1. The molecule has 0 aliphatic carbocycles. The van der Waals surface area contributed by atoms with E-state index < -0.39 is 11.8 Å². The second-order valence-electron chi connectivity index (χ2n) is 4.09. The fraction of sp³-hybridized carbons (Fsp3) is 0.267. The topological polar surface area (TPSA) is 66.5 Å². The maximum atomic E-state index is 11.9. The lowest BCUT2D eigenvalue weighted by atomic mass is 10.1. The average molecular weight is 274 g/mol. The van der Waals surface area contributed by atoms with Crippen LogP contribution in [-0.4, -0.2) is 36.1 Å². The van der Waals surface area contributed by atoms with Crippen LogP contribution < -0.4 is 5.32 Å². The van der Waals surface area contributed by atoms with Gasteiger partial charge in [-0.2, -0.15) is 0 Å². The van der Waals surface area contributed by atoms with Crippen molar-refractivity contribution in [1.82, 2.24) is 4.90 Å². The molecule has 0 fully saturated rings. The van der Waals surface area contributed by atoms with Crippen LogP contribution in [0.2, 0.25) is 0 Å². The third-order valence-corrected chi connectivity index (χ3v) is 2.64. The SMILES string of the molecule is CCNc1ccccc1/C=C/C(=O)N(CC=O)C(C)=O. The van der Waals surface area contributed by atoms with Crippen molar-refractivity contribution >= 4 is 29.9 Å². The molecule has 0 aliphatic heterocycles. The Bertz CT molecular complexity index is 524. The average Bonchev–Trinajstić information content (AvgIpc) is 2.43. The maximum Gasteiger partial charge on any atom is 0.253 e. The van der Waals surface area contributed by atoms with Crippen molar-refractivity contribution in [1.29, 1.82) is 0 Å². The number of amides is 2. The molecule has 0 bridgehead atoms. The van der Waals surface area contributed by atoms with Gasteiger partial charge >= 0.3 is 0 Å². The van der Waals surface area contributed by atoms with E-state index in [1.54, 1.807) is 6.08 Å². The van der Waals surface area contributed by atoms with Crippen LogP contribution in [0.15, 0.2) is 30.3 Å². The smallest absolute Gasteiger partial charge is 0.253 e. The zero-order valence-corrected chi connectivity index (χ0v) is 11.6. The molecule has 0 radical (unpaired) electrons. The Morgan fingerprint density at radius 1 is 1.30 bits per heavy atom. The summed E-state index contributed by atoms with van der Waals surface area (Å²) in [4.78, 5) is 34.5. The van der Waals surface area contributed by atoms with Gasteiger partial charge in [0.25, 0.3) is 5.91 Å². The Kier molecular flexibility index (Phi) is 6.16. The van der Waals surface area contributed by atoms with Crippen molar-refractivity contribution in [2.24, 2.45) is 0 Å². The minimum atomic E-state index is -0.504. The van der Waals surface area contributed by atoms with Crippen LogP contribution in [0.4, 0.5) is 5.69 Å². The van der Waals surface area contributed by atoms with Crippen LogP contribution in [0.3, 0.4) is 0 Å². The number of rotatable bonds is 6. The van der Waals surface area contributed by atoms with Gasteiger partial charge in [0.15, 0.2) is 0 Å². The number of nitrogens with zero attached hydrogens (tertiary/aromatic N) is 1. The van der Waals surface area contributed by atoms with Gasteiger partial charge in [-0.3, -0.25) is 14.5 Å². The molecule has 0 saturated heterocycles. The lowest BCUT2D eigenvalue weighted by molar-refractivity contribution is -0.141. The summed E-state index contributed by atoms with van der Waals surface area (Å²) in [6.07, 6.45) is 3.45. The largest absolute Gasteiger partial charge is 0.385 e. The molecule has 5 nitrogen and oxygen atoms in total. The number of hydrogen-bond acceptors (Lipinski definition) is 4. The number of hydrogen-bond donors (Lipinski definition) is 1. The van der Waals surface area contributed by atoms with Crippen molar-refractivity contribution in [2.75, 3.05) is 18.4 Å². The van der Waals surface area contributed by atoms with Gasteiger partial charge in [0.1, 0.15) is 6.29 Å². The van der Waals surface area contributed by atoms with E-state index in [1.807, 2.05) is 31.2 Å². The first-order valence-electron chi connectivity index (χ1n) is 6.36. The maximum absolute atomic E-state index is 11.9. The van der Waals surface area contributed by atoms with E-state index in [2.05, 4.69) is 5.32 Å². The van der Waals surface area contributed by atoms with Crippen LogP contribution in [-0.2, 0) is 14.4 Å². The summed E-state index contributed by atoms with van der Waals surface area (Å²) in [6, 6.07) is 7.52. The van der Waals surface area contributed by atoms with Crippen LogP contribution in [0.1, 0.15) is 19.4 Å². The molecule has 0 spiro atoms. The monoisotopic (exact) mass is 274 g/mol. The van der Waals surface area contributed by atoms with Gasteiger partial charge in [-0.15, -0.1) is 0 Å². The van der Waals surface area contributed by atoms with Gasteiger partial charge in [-0.1, -0.05) is 18.2 Å². The van der Waals surface area contributed by atoms with E-state index in [0.717, 1.165) is 22.7 Å². The molecule has 0 unspecified atom stereocenters. The first kappa shape index (κ1) is 15.6. The van der Waals surface area contributed by atoms with Crippen LogP contribution in [0.5, 0.6) is 0 Å². The van der Waals surface area contributed by atoms with Gasteiger partial charge in [0.2, 0.25) is 5.91 Å². The Morgan fingerprint density at radius 3 is 2.60 bits per heavy atom. The molecular weight excluding hydrogens is 256 g/mol. The summed E-state index contributed by atoms with van der Waals surface area (Å²) >= 11 is 0. The molecule has 0 atom stereocenters. The lowest BCUT2D eigenvalue weighted by Crippen LogP contribution is -2.35. The van der Waals surface area contributed by atoms with E-state index >= 15 is 0 Å². The molecule has 5 heteroatoms. The Labute approximate surface area is 118 Å². The first-order chi connectivity index (χ1) is 9.60. The molecule has 20 heavy (non-hydrogen) atoms. The number of carbonyl (C=O) groups excluding carboxylic acids is 3. The zero-order valence-electron chi connectivity index (χ0n) is 11.6. The van der Waals surface area contributed by atoms with Crippen LogP contribution in [0.25, 0.3) is 6.08 Å². The molecule has 1 rings (SSSR count). The number of aldehydes is 1. The van der Waals surface area contributed by atoms with Gasteiger partial charge in [-0.25, -0.2) is 0 Å². The minimum Gasteiger partial charge on any atom is -0.385 e. The Morgan fingerprint density at radius 2 is 2.00 bits per heavy atom. The van der Waals surface area contributed by atoms with Crippen molar-refractivity contribution in [3.63, 3.8) is 0 Å². The van der Waals surface area contributed by atoms with Gasteiger partial charge in [0, 0.05) is 25.2 Å². The number of para-hydroxylation sites is 1.